The molecule has 0 saturated heterocycles. The van der Waals surface area contributed by atoms with E-state index in [1.165, 1.54) is 19.2 Å². The molecule has 2 rings (SSSR count). The van der Waals surface area contributed by atoms with E-state index >= 15 is 0 Å². The van der Waals surface area contributed by atoms with Crippen molar-refractivity contribution in [2.24, 2.45) is 0 Å². The van der Waals surface area contributed by atoms with Gasteiger partial charge in [0.25, 0.3) is 0 Å². The summed E-state index contributed by atoms with van der Waals surface area (Å²) in [7, 11) is 1.36. The summed E-state index contributed by atoms with van der Waals surface area (Å²) in [6.07, 6.45) is 0.292. The van der Waals surface area contributed by atoms with E-state index in [-0.39, 0.29) is 17.7 Å². The number of carbonyl (C=O) groups is 1. The molecular formula is C11H12FNO2. The largest absolute Gasteiger partial charge is 0.469 e. The minimum absolute atomic E-state index is 0.0168. The van der Waals surface area contributed by atoms with Crippen LogP contribution in [0.4, 0.5) is 10.1 Å². The number of halogens is 1. The van der Waals surface area contributed by atoms with Crippen molar-refractivity contribution >= 4 is 11.7 Å². The van der Waals surface area contributed by atoms with Crippen LogP contribution < -0.4 is 5.32 Å². The molecule has 0 fully saturated rings. The van der Waals surface area contributed by atoms with Crippen molar-refractivity contribution < 1.29 is 13.9 Å². The van der Waals surface area contributed by atoms with Crippen molar-refractivity contribution in [3.63, 3.8) is 0 Å². The molecule has 1 aliphatic heterocycles. The molecule has 0 amide bonds. The summed E-state index contributed by atoms with van der Waals surface area (Å²) >= 11 is 0. The number of esters is 1. The van der Waals surface area contributed by atoms with E-state index < -0.39 is 0 Å². The molecular weight excluding hydrogens is 197 g/mol. The van der Waals surface area contributed by atoms with Gasteiger partial charge >= 0.3 is 5.97 Å². The van der Waals surface area contributed by atoms with Crippen LogP contribution in [0.25, 0.3) is 0 Å². The highest BCUT2D eigenvalue weighted by molar-refractivity contribution is 5.72. The van der Waals surface area contributed by atoms with E-state index in [2.05, 4.69) is 10.1 Å². The van der Waals surface area contributed by atoms with Gasteiger partial charge in [-0.3, -0.25) is 4.79 Å². The molecule has 0 bridgehead atoms. The van der Waals surface area contributed by atoms with Gasteiger partial charge in [-0.2, -0.15) is 0 Å². The average Bonchev–Trinajstić information content (AvgIpc) is 2.61. The number of ether oxygens (including phenoxy) is 1. The maximum atomic E-state index is 13.0. The number of carbonyl (C=O) groups excluding carboxylic acids is 1. The van der Waals surface area contributed by atoms with Crippen LogP contribution in [-0.4, -0.2) is 19.6 Å². The molecule has 0 spiro atoms. The summed E-state index contributed by atoms with van der Waals surface area (Å²) in [5.41, 5.74) is 1.77. The van der Waals surface area contributed by atoms with Crippen LogP contribution in [0.2, 0.25) is 0 Å². The number of methoxy groups -OCH3 is 1. The minimum Gasteiger partial charge on any atom is -0.469 e. The Labute approximate surface area is 87.2 Å². The molecule has 4 heteroatoms. The van der Waals surface area contributed by atoms with Crippen LogP contribution in [0.5, 0.6) is 0 Å². The number of anilines is 1. The molecule has 3 nitrogen and oxygen atoms in total. The molecule has 1 aromatic carbocycles. The Balaban J connectivity index is 2.20. The number of hydrogen-bond acceptors (Lipinski definition) is 3. The molecule has 80 valence electrons. The number of rotatable bonds is 2. The molecule has 1 aromatic rings. The van der Waals surface area contributed by atoms with Crippen molar-refractivity contribution in [2.75, 3.05) is 19.0 Å². The Kier molecular flexibility index (Phi) is 2.58. The Hall–Kier alpha value is -1.58. The van der Waals surface area contributed by atoms with Crippen LogP contribution in [0.1, 0.15) is 17.9 Å². The lowest BCUT2D eigenvalue weighted by atomic mass is 9.98. The zero-order valence-corrected chi connectivity index (χ0v) is 8.42. The lowest BCUT2D eigenvalue weighted by molar-refractivity contribution is -0.140. The van der Waals surface area contributed by atoms with E-state index in [4.69, 9.17) is 0 Å². The van der Waals surface area contributed by atoms with Gasteiger partial charge in [0.05, 0.1) is 13.5 Å². The summed E-state index contributed by atoms with van der Waals surface area (Å²) < 4.78 is 17.6. The summed E-state index contributed by atoms with van der Waals surface area (Å²) in [4.78, 5) is 11.1. The SMILES string of the molecule is COC(=O)CC1CNc2ccc(F)cc21. The summed E-state index contributed by atoms with van der Waals surface area (Å²) in [5, 5.41) is 3.13. The van der Waals surface area contributed by atoms with Crippen LogP contribution >= 0.6 is 0 Å². The first-order chi connectivity index (χ1) is 7.20. The molecule has 1 N–H and O–H groups in total. The topological polar surface area (TPSA) is 38.3 Å². The lowest BCUT2D eigenvalue weighted by Crippen LogP contribution is -2.10. The molecule has 0 radical (unpaired) electrons. The molecule has 0 saturated carbocycles. The Morgan fingerprint density at radius 2 is 2.47 bits per heavy atom. The first-order valence-electron chi connectivity index (χ1n) is 4.81. The zero-order valence-electron chi connectivity index (χ0n) is 8.42. The predicted octanol–water partition coefficient (Wildman–Crippen LogP) is 1.90. The van der Waals surface area contributed by atoms with E-state index in [0.29, 0.717) is 13.0 Å². The molecule has 1 aliphatic rings. The normalized spacial score (nSPS) is 18.1. The van der Waals surface area contributed by atoms with Gasteiger partial charge in [-0.1, -0.05) is 0 Å². The molecule has 15 heavy (non-hydrogen) atoms. The molecule has 1 unspecified atom stereocenters. The number of benzene rings is 1. The molecule has 1 atom stereocenters. The fourth-order valence-electron chi connectivity index (χ4n) is 1.84. The van der Waals surface area contributed by atoms with E-state index in [1.807, 2.05) is 0 Å². The van der Waals surface area contributed by atoms with Gasteiger partial charge in [-0.15, -0.1) is 0 Å². The summed E-state index contributed by atoms with van der Waals surface area (Å²) in [6.45, 7) is 0.661. The highest BCUT2D eigenvalue weighted by atomic mass is 19.1. The zero-order chi connectivity index (χ0) is 10.8. The van der Waals surface area contributed by atoms with E-state index in [9.17, 15) is 9.18 Å². The second kappa shape index (κ2) is 3.88. The number of hydrogen-bond donors (Lipinski definition) is 1. The third-order valence-corrected chi connectivity index (χ3v) is 2.63. The standard InChI is InChI=1S/C11H12FNO2/c1-15-11(14)4-7-6-13-10-3-2-8(12)5-9(7)10/h2-3,5,7,13H,4,6H2,1H3. The van der Waals surface area contributed by atoms with Crippen LogP contribution in [0.15, 0.2) is 18.2 Å². The van der Waals surface area contributed by atoms with Crippen LogP contribution in [0.3, 0.4) is 0 Å². The number of fused-ring (bicyclic) bond motifs is 1. The summed E-state index contributed by atoms with van der Waals surface area (Å²) in [5.74, 6) is -0.519. The fraction of sp³-hybridized carbons (Fsp3) is 0.364. The Morgan fingerprint density at radius 3 is 3.20 bits per heavy atom. The van der Waals surface area contributed by atoms with Crippen molar-refractivity contribution in [3.8, 4) is 0 Å². The summed E-state index contributed by atoms with van der Waals surface area (Å²) in [6, 6.07) is 4.58. The molecule has 0 aliphatic carbocycles. The predicted molar refractivity (Wildman–Crippen MR) is 54.3 cm³/mol. The third kappa shape index (κ3) is 1.93. The van der Waals surface area contributed by atoms with Gasteiger partial charge in [0, 0.05) is 18.2 Å². The van der Waals surface area contributed by atoms with Crippen LogP contribution in [-0.2, 0) is 9.53 Å². The Morgan fingerprint density at radius 1 is 1.67 bits per heavy atom. The first-order valence-corrected chi connectivity index (χ1v) is 4.81. The smallest absolute Gasteiger partial charge is 0.306 e. The van der Waals surface area contributed by atoms with Gasteiger partial charge in [-0.05, 0) is 23.8 Å². The first kappa shape index (κ1) is 9.96. The minimum atomic E-state index is -0.271. The van der Waals surface area contributed by atoms with Gasteiger partial charge in [0.1, 0.15) is 5.82 Å². The van der Waals surface area contributed by atoms with Crippen LogP contribution in [0, 0.1) is 5.82 Å². The highest BCUT2D eigenvalue weighted by Crippen LogP contribution is 2.34. The van der Waals surface area contributed by atoms with Crippen molar-refractivity contribution in [1.29, 1.82) is 0 Å². The molecule has 0 aromatic heterocycles. The van der Waals surface area contributed by atoms with Crippen molar-refractivity contribution in [2.45, 2.75) is 12.3 Å². The fourth-order valence-corrected chi connectivity index (χ4v) is 1.84. The van der Waals surface area contributed by atoms with Gasteiger partial charge < -0.3 is 10.1 Å². The van der Waals surface area contributed by atoms with Gasteiger partial charge in [0.2, 0.25) is 0 Å². The van der Waals surface area contributed by atoms with E-state index in [1.54, 1.807) is 6.07 Å². The third-order valence-electron chi connectivity index (χ3n) is 2.63. The van der Waals surface area contributed by atoms with Gasteiger partial charge in [-0.25, -0.2) is 4.39 Å². The van der Waals surface area contributed by atoms with Crippen molar-refractivity contribution in [1.82, 2.24) is 0 Å². The highest BCUT2D eigenvalue weighted by Gasteiger charge is 2.25. The quantitative estimate of drug-likeness (QED) is 0.756. The number of nitrogens with one attached hydrogen (secondary N) is 1. The van der Waals surface area contributed by atoms with E-state index in [0.717, 1.165) is 11.3 Å². The second-order valence-electron chi connectivity index (χ2n) is 3.59. The monoisotopic (exact) mass is 209 g/mol. The van der Waals surface area contributed by atoms with Crippen molar-refractivity contribution in [3.05, 3.63) is 29.6 Å². The second-order valence-corrected chi connectivity index (χ2v) is 3.59. The average molecular weight is 209 g/mol. The maximum absolute atomic E-state index is 13.0. The Bertz CT molecular complexity index is 392. The van der Waals surface area contributed by atoms with Gasteiger partial charge in [0.15, 0.2) is 0 Å². The lowest BCUT2D eigenvalue weighted by Gasteiger charge is -2.07. The maximum Gasteiger partial charge on any atom is 0.306 e. The molecule has 1 heterocycles.